The SMILES string of the molecule is CC1(C)c2ccccc2-c2cc(-c3ccc(-c4ccc(-c5cc(-c6ccc7sc8ccccc8c7c6)nc(-c6ccccc6)n5)c5ccccc45)cc3)ccc21. The molecular weight excluding hydrogens is 697 g/mol. The van der Waals surface area contributed by atoms with Crippen LogP contribution in [-0.2, 0) is 5.41 Å². The second-order valence-electron chi connectivity index (χ2n) is 15.4. The van der Waals surface area contributed by atoms with E-state index in [9.17, 15) is 0 Å². The first-order valence-electron chi connectivity index (χ1n) is 19.2. The Morgan fingerprint density at radius 2 is 0.964 bits per heavy atom. The summed E-state index contributed by atoms with van der Waals surface area (Å²) >= 11 is 1.84. The molecule has 2 nitrogen and oxygen atoms in total. The minimum absolute atomic E-state index is 0.00567. The Labute approximate surface area is 330 Å². The molecule has 0 saturated heterocycles. The van der Waals surface area contributed by atoms with Crippen LogP contribution in [0.15, 0.2) is 182 Å². The van der Waals surface area contributed by atoms with Gasteiger partial charge in [-0.3, -0.25) is 0 Å². The van der Waals surface area contributed by atoms with E-state index in [1.165, 1.54) is 70.1 Å². The minimum Gasteiger partial charge on any atom is -0.228 e. The van der Waals surface area contributed by atoms with E-state index < -0.39 is 0 Å². The molecule has 0 unspecified atom stereocenters. The number of benzene rings is 8. The van der Waals surface area contributed by atoms with Crippen molar-refractivity contribution in [3.8, 4) is 67.3 Å². The van der Waals surface area contributed by atoms with Crippen LogP contribution in [-0.4, -0.2) is 9.97 Å². The molecule has 56 heavy (non-hydrogen) atoms. The molecule has 0 fully saturated rings. The van der Waals surface area contributed by atoms with Crippen LogP contribution in [0.2, 0.25) is 0 Å². The Morgan fingerprint density at radius 3 is 1.80 bits per heavy atom. The lowest BCUT2D eigenvalue weighted by atomic mass is 9.82. The summed E-state index contributed by atoms with van der Waals surface area (Å²) in [5.74, 6) is 0.718. The summed E-state index contributed by atoms with van der Waals surface area (Å²) in [4.78, 5) is 10.4. The van der Waals surface area contributed by atoms with Crippen LogP contribution >= 0.6 is 11.3 Å². The third-order valence-electron chi connectivity index (χ3n) is 11.7. The first-order chi connectivity index (χ1) is 27.5. The summed E-state index contributed by atoms with van der Waals surface area (Å²) in [5.41, 5.74) is 15.3. The highest BCUT2D eigenvalue weighted by atomic mass is 32.1. The molecule has 3 heteroatoms. The molecule has 10 aromatic rings. The molecule has 8 aromatic carbocycles. The maximum absolute atomic E-state index is 5.24. The Balaban J connectivity index is 1.00. The van der Waals surface area contributed by atoms with Crippen LogP contribution < -0.4 is 0 Å². The quantitative estimate of drug-likeness (QED) is 0.176. The van der Waals surface area contributed by atoms with Crippen molar-refractivity contribution in [2.45, 2.75) is 19.3 Å². The first-order valence-corrected chi connectivity index (χ1v) is 20.0. The van der Waals surface area contributed by atoms with Crippen molar-refractivity contribution >= 4 is 42.3 Å². The van der Waals surface area contributed by atoms with Gasteiger partial charge in [0.15, 0.2) is 5.82 Å². The van der Waals surface area contributed by atoms with Gasteiger partial charge in [-0.05, 0) is 85.6 Å². The van der Waals surface area contributed by atoms with Gasteiger partial charge in [0.1, 0.15) is 0 Å². The van der Waals surface area contributed by atoms with Gasteiger partial charge in [0.2, 0.25) is 0 Å². The van der Waals surface area contributed by atoms with Crippen molar-refractivity contribution in [2.75, 3.05) is 0 Å². The predicted octanol–water partition coefficient (Wildman–Crippen LogP) is 14.6. The van der Waals surface area contributed by atoms with E-state index in [0.717, 1.165) is 39.3 Å². The van der Waals surface area contributed by atoms with Gasteiger partial charge in [0.05, 0.1) is 11.4 Å². The smallest absolute Gasteiger partial charge is 0.160 e. The summed E-state index contributed by atoms with van der Waals surface area (Å²) in [6.45, 7) is 4.67. The largest absolute Gasteiger partial charge is 0.228 e. The van der Waals surface area contributed by atoms with Crippen LogP contribution in [0.1, 0.15) is 25.0 Å². The normalized spacial score (nSPS) is 13.0. The monoisotopic (exact) mass is 732 g/mol. The lowest BCUT2D eigenvalue weighted by molar-refractivity contribution is 0.660. The molecule has 264 valence electrons. The summed E-state index contributed by atoms with van der Waals surface area (Å²) in [5, 5.41) is 4.90. The molecule has 11 rings (SSSR count). The highest BCUT2D eigenvalue weighted by Crippen LogP contribution is 2.49. The van der Waals surface area contributed by atoms with Crippen molar-refractivity contribution in [1.29, 1.82) is 0 Å². The molecular formula is C53H36N2S. The zero-order valence-electron chi connectivity index (χ0n) is 31.1. The van der Waals surface area contributed by atoms with E-state index in [0.29, 0.717) is 0 Å². The van der Waals surface area contributed by atoms with Crippen molar-refractivity contribution in [3.05, 3.63) is 193 Å². The van der Waals surface area contributed by atoms with Gasteiger partial charge in [-0.2, -0.15) is 0 Å². The number of nitrogens with zero attached hydrogens (tertiary/aromatic N) is 2. The summed E-state index contributed by atoms with van der Waals surface area (Å²) in [7, 11) is 0. The molecule has 0 bridgehead atoms. The fraction of sp³-hybridized carbons (Fsp3) is 0.0566. The van der Waals surface area contributed by atoms with Crippen LogP contribution in [0, 0.1) is 0 Å². The van der Waals surface area contributed by atoms with Crippen molar-refractivity contribution in [3.63, 3.8) is 0 Å². The molecule has 0 N–H and O–H groups in total. The Bertz CT molecular complexity index is 3150. The fourth-order valence-electron chi connectivity index (χ4n) is 8.85. The van der Waals surface area contributed by atoms with Crippen LogP contribution in [0.4, 0.5) is 0 Å². The number of fused-ring (bicyclic) bond motifs is 7. The third kappa shape index (κ3) is 5.23. The Kier molecular flexibility index (Phi) is 7.42. The molecule has 2 heterocycles. The molecule has 0 atom stereocenters. The number of hydrogen-bond acceptors (Lipinski definition) is 3. The average Bonchev–Trinajstić information content (AvgIpc) is 3.74. The molecule has 1 aliphatic carbocycles. The van der Waals surface area contributed by atoms with Gasteiger partial charge in [-0.1, -0.05) is 166 Å². The van der Waals surface area contributed by atoms with E-state index in [1.54, 1.807) is 0 Å². The lowest BCUT2D eigenvalue weighted by Crippen LogP contribution is -2.14. The van der Waals surface area contributed by atoms with Gasteiger partial charge in [0, 0.05) is 42.3 Å². The first kappa shape index (κ1) is 32.7. The van der Waals surface area contributed by atoms with Crippen LogP contribution in [0.25, 0.3) is 98.2 Å². The van der Waals surface area contributed by atoms with Gasteiger partial charge in [0.25, 0.3) is 0 Å². The predicted molar refractivity (Wildman–Crippen MR) is 237 cm³/mol. The summed E-state index contributed by atoms with van der Waals surface area (Å²) in [6.07, 6.45) is 0. The van der Waals surface area contributed by atoms with Crippen molar-refractivity contribution in [1.82, 2.24) is 9.97 Å². The summed E-state index contributed by atoms with van der Waals surface area (Å²) < 4.78 is 2.58. The third-order valence-corrected chi connectivity index (χ3v) is 12.9. The van der Waals surface area contributed by atoms with E-state index in [2.05, 4.69) is 178 Å². The van der Waals surface area contributed by atoms with E-state index in [-0.39, 0.29) is 5.41 Å². The second-order valence-corrected chi connectivity index (χ2v) is 16.4. The molecule has 2 aromatic heterocycles. The molecule has 1 aliphatic rings. The van der Waals surface area contributed by atoms with Crippen LogP contribution in [0.5, 0.6) is 0 Å². The average molecular weight is 733 g/mol. The number of aromatic nitrogens is 2. The van der Waals surface area contributed by atoms with Gasteiger partial charge < -0.3 is 0 Å². The second kappa shape index (κ2) is 12.7. The highest BCUT2D eigenvalue weighted by molar-refractivity contribution is 7.25. The van der Waals surface area contributed by atoms with Gasteiger partial charge in [-0.15, -0.1) is 11.3 Å². The zero-order chi connectivity index (χ0) is 37.4. The maximum atomic E-state index is 5.24. The Hall–Kier alpha value is -6.68. The van der Waals surface area contributed by atoms with E-state index in [1.807, 2.05) is 29.5 Å². The number of hydrogen-bond donors (Lipinski definition) is 0. The van der Waals surface area contributed by atoms with E-state index in [4.69, 9.17) is 9.97 Å². The van der Waals surface area contributed by atoms with Gasteiger partial charge in [-0.25, -0.2) is 9.97 Å². The minimum atomic E-state index is 0.00567. The van der Waals surface area contributed by atoms with Crippen LogP contribution in [0.3, 0.4) is 0 Å². The fourth-order valence-corrected chi connectivity index (χ4v) is 9.94. The molecule has 0 aliphatic heterocycles. The van der Waals surface area contributed by atoms with E-state index >= 15 is 0 Å². The molecule has 0 saturated carbocycles. The molecule has 0 spiro atoms. The van der Waals surface area contributed by atoms with Crippen molar-refractivity contribution < 1.29 is 0 Å². The van der Waals surface area contributed by atoms with Crippen molar-refractivity contribution in [2.24, 2.45) is 0 Å². The zero-order valence-corrected chi connectivity index (χ0v) is 31.9. The number of thiophene rings is 1. The Morgan fingerprint density at radius 1 is 0.357 bits per heavy atom. The lowest BCUT2D eigenvalue weighted by Gasteiger charge is -2.21. The maximum Gasteiger partial charge on any atom is 0.160 e. The highest BCUT2D eigenvalue weighted by Gasteiger charge is 2.35. The molecule has 0 amide bonds. The molecule has 0 radical (unpaired) electrons. The topological polar surface area (TPSA) is 25.8 Å². The summed E-state index contributed by atoms with van der Waals surface area (Å²) in [6, 6.07) is 66.0. The number of rotatable bonds is 5. The van der Waals surface area contributed by atoms with Gasteiger partial charge >= 0.3 is 0 Å². The standard InChI is InChI=1S/C53H36N2S/c1-53(2)46-18-10-8-16-41(46)44-30-36(24-28-47(44)53)33-20-22-34(23-21-33)38-26-27-42(40-15-7-6-14-39(38)40)49-32-48(54-52(55-49)35-12-4-3-5-13-35)37-25-29-51-45(31-37)43-17-9-11-19-50(43)56-51/h3-32H,1-2H3.